The fraction of sp³-hybridized carbons (Fsp3) is 0.150. The summed E-state index contributed by atoms with van der Waals surface area (Å²) in [4.78, 5) is 12.3. The molecule has 9 heteroatoms. The molecule has 2 aromatic carbocycles. The molecule has 7 nitrogen and oxygen atoms in total. The zero-order chi connectivity index (χ0) is 20.4. The number of thioether (sulfide) groups is 1. The van der Waals surface area contributed by atoms with Crippen LogP contribution in [0.4, 0.5) is 0 Å². The maximum Gasteiger partial charge on any atom is 0.290 e. The Kier molecular flexibility index (Phi) is 5.46. The zero-order valence-corrected chi connectivity index (χ0v) is 17.3. The summed E-state index contributed by atoms with van der Waals surface area (Å²) >= 11 is 7.41. The second-order valence-electron chi connectivity index (χ2n) is 6.15. The van der Waals surface area contributed by atoms with Crippen LogP contribution < -0.4 is 15.0 Å². The summed E-state index contributed by atoms with van der Waals surface area (Å²) < 4.78 is 12.2. The Labute approximate surface area is 175 Å². The van der Waals surface area contributed by atoms with Gasteiger partial charge in [-0.25, -0.2) is 9.61 Å². The number of aromatic amines is 1. The summed E-state index contributed by atoms with van der Waals surface area (Å²) in [5.41, 5.74) is 2.65. The van der Waals surface area contributed by atoms with Crippen LogP contribution in [0, 0.1) is 0 Å². The molecule has 0 aliphatic rings. The van der Waals surface area contributed by atoms with E-state index in [-0.39, 0.29) is 5.56 Å². The molecule has 0 amide bonds. The monoisotopic (exact) mass is 428 g/mol. The highest BCUT2D eigenvalue weighted by atomic mass is 35.5. The van der Waals surface area contributed by atoms with Gasteiger partial charge < -0.3 is 9.47 Å². The first-order valence-electron chi connectivity index (χ1n) is 8.67. The number of rotatable bonds is 6. The van der Waals surface area contributed by atoms with Crippen molar-refractivity contribution in [2.75, 3.05) is 14.2 Å². The molecule has 2 aromatic heterocycles. The Morgan fingerprint density at radius 1 is 1.07 bits per heavy atom. The molecule has 0 aliphatic carbocycles. The van der Waals surface area contributed by atoms with Crippen molar-refractivity contribution in [2.24, 2.45) is 0 Å². The first-order chi connectivity index (χ1) is 14.1. The molecule has 0 bridgehead atoms. The molecular formula is C20H17ClN4O3S. The summed E-state index contributed by atoms with van der Waals surface area (Å²) in [6.45, 7) is 0. The largest absolute Gasteiger partial charge is 0.493 e. The molecule has 0 saturated heterocycles. The van der Waals surface area contributed by atoms with Crippen molar-refractivity contribution in [3.63, 3.8) is 0 Å². The number of fused-ring (bicyclic) bond motifs is 1. The lowest BCUT2D eigenvalue weighted by molar-refractivity contribution is 0.355. The number of nitrogens with one attached hydrogen (secondary N) is 1. The van der Waals surface area contributed by atoms with Crippen LogP contribution in [0.25, 0.3) is 16.8 Å². The summed E-state index contributed by atoms with van der Waals surface area (Å²) in [5.74, 6) is 1.88. The van der Waals surface area contributed by atoms with E-state index >= 15 is 0 Å². The Morgan fingerprint density at radius 3 is 2.55 bits per heavy atom. The third-order valence-corrected chi connectivity index (χ3v) is 5.59. The van der Waals surface area contributed by atoms with Gasteiger partial charge in [0.05, 0.1) is 19.9 Å². The van der Waals surface area contributed by atoms with Gasteiger partial charge in [0.2, 0.25) is 5.16 Å². The fourth-order valence-electron chi connectivity index (χ4n) is 2.85. The molecule has 2 heterocycles. The minimum atomic E-state index is -0.305. The van der Waals surface area contributed by atoms with E-state index in [1.807, 2.05) is 36.4 Å². The number of ether oxygens (including phenoxy) is 2. The van der Waals surface area contributed by atoms with Gasteiger partial charge in [-0.1, -0.05) is 35.5 Å². The van der Waals surface area contributed by atoms with E-state index < -0.39 is 0 Å². The molecule has 148 valence electrons. The average Bonchev–Trinajstić information content (AvgIpc) is 3.20. The van der Waals surface area contributed by atoms with Gasteiger partial charge in [-0.2, -0.15) is 5.10 Å². The SMILES string of the molecule is COc1ccc(-c2cc3c(=O)[nH]nc(SCc4ccc(Cl)cc4)n3n2)cc1OC. The van der Waals surface area contributed by atoms with Crippen LogP contribution in [0.5, 0.6) is 11.5 Å². The lowest BCUT2D eigenvalue weighted by Gasteiger charge is -2.08. The Hall–Kier alpha value is -2.97. The maximum atomic E-state index is 12.3. The molecule has 0 atom stereocenters. The van der Waals surface area contributed by atoms with Gasteiger partial charge in [0.25, 0.3) is 5.56 Å². The number of halogens is 1. The van der Waals surface area contributed by atoms with Crippen molar-refractivity contribution < 1.29 is 9.47 Å². The molecule has 0 unspecified atom stereocenters. The van der Waals surface area contributed by atoms with Gasteiger partial charge in [0, 0.05) is 16.3 Å². The van der Waals surface area contributed by atoms with Crippen LogP contribution in [0.15, 0.2) is 58.5 Å². The first kappa shape index (κ1) is 19.4. The molecule has 0 saturated carbocycles. The molecule has 1 N–H and O–H groups in total. The van der Waals surface area contributed by atoms with Crippen LogP contribution >= 0.6 is 23.4 Å². The summed E-state index contributed by atoms with van der Waals surface area (Å²) in [6, 6.07) is 14.8. The van der Waals surface area contributed by atoms with E-state index in [2.05, 4.69) is 15.3 Å². The van der Waals surface area contributed by atoms with Crippen molar-refractivity contribution in [3.8, 4) is 22.8 Å². The van der Waals surface area contributed by atoms with Gasteiger partial charge in [0.1, 0.15) is 5.52 Å². The molecule has 0 fully saturated rings. The van der Waals surface area contributed by atoms with Crippen LogP contribution in [0.2, 0.25) is 5.02 Å². The number of aromatic nitrogens is 4. The Bertz CT molecular complexity index is 1220. The van der Waals surface area contributed by atoms with Crippen LogP contribution in [-0.4, -0.2) is 34.0 Å². The van der Waals surface area contributed by atoms with E-state index in [1.165, 1.54) is 11.8 Å². The second kappa shape index (κ2) is 8.18. The van der Waals surface area contributed by atoms with Crippen LogP contribution in [0.3, 0.4) is 0 Å². The van der Waals surface area contributed by atoms with Gasteiger partial charge in [-0.15, -0.1) is 5.10 Å². The van der Waals surface area contributed by atoms with Gasteiger partial charge in [-0.3, -0.25) is 4.79 Å². The molecule has 4 rings (SSSR count). The second-order valence-corrected chi connectivity index (χ2v) is 7.53. The van der Waals surface area contributed by atoms with E-state index in [0.29, 0.717) is 38.6 Å². The first-order valence-corrected chi connectivity index (χ1v) is 10.0. The highest BCUT2D eigenvalue weighted by Crippen LogP contribution is 2.32. The van der Waals surface area contributed by atoms with Crippen molar-refractivity contribution in [2.45, 2.75) is 10.9 Å². The third kappa shape index (κ3) is 3.94. The number of benzene rings is 2. The quantitative estimate of drug-likeness (QED) is 0.466. The lowest BCUT2D eigenvalue weighted by atomic mass is 10.1. The molecule has 0 radical (unpaired) electrons. The summed E-state index contributed by atoms with van der Waals surface area (Å²) in [7, 11) is 3.16. The van der Waals surface area contributed by atoms with Crippen LogP contribution in [-0.2, 0) is 5.75 Å². The number of hydrogen-bond donors (Lipinski definition) is 1. The zero-order valence-electron chi connectivity index (χ0n) is 15.7. The van der Waals surface area contributed by atoms with Gasteiger partial charge >= 0.3 is 0 Å². The van der Waals surface area contributed by atoms with Crippen molar-refractivity contribution in [1.82, 2.24) is 19.8 Å². The normalized spacial score (nSPS) is 11.0. The average molecular weight is 429 g/mol. The summed E-state index contributed by atoms with van der Waals surface area (Å²) in [6.07, 6.45) is 0. The van der Waals surface area contributed by atoms with E-state index in [4.69, 9.17) is 21.1 Å². The van der Waals surface area contributed by atoms with Gasteiger partial charge in [0.15, 0.2) is 11.5 Å². The Balaban J connectivity index is 1.70. The molecule has 0 spiro atoms. The number of hydrogen-bond acceptors (Lipinski definition) is 6. The minimum absolute atomic E-state index is 0.305. The topological polar surface area (TPSA) is 81.5 Å². The lowest BCUT2D eigenvalue weighted by Crippen LogP contribution is -2.13. The number of methoxy groups -OCH3 is 2. The standard InChI is InChI=1S/C20H17ClN4O3S/c1-27-17-8-5-13(9-18(17)28-2)15-10-16-19(26)22-23-20(25(16)24-15)29-11-12-3-6-14(21)7-4-12/h3-10H,11H2,1-2H3,(H,22,26). The van der Waals surface area contributed by atoms with Crippen molar-refractivity contribution >= 4 is 28.9 Å². The van der Waals surface area contributed by atoms with E-state index in [0.717, 1.165) is 11.1 Å². The summed E-state index contributed by atoms with van der Waals surface area (Å²) in [5, 5.41) is 12.6. The maximum absolute atomic E-state index is 12.3. The fourth-order valence-corrected chi connectivity index (χ4v) is 3.84. The van der Waals surface area contributed by atoms with Crippen molar-refractivity contribution in [1.29, 1.82) is 0 Å². The minimum Gasteiger partial charge on any atom is -0.493 e. The highest BCUT2D eigenvalue weighted by molar-refractivity contribution is 7.98. The number of nitrogens with zero attached hydrogens (tertiary/aromatic N) is 3. The molecule has 0 aliphatic heterocycles. The highest BCUT2D eigenvalue weighted by Gasteiger charge is 2.14. The smallest absolute Gasteiger partial charge is 0.290 e. The van der Waals surface area contributed by atoms with Gasteiger partial charge in [-0.05, 0) is 42.0 Å². The predicted molar refractivity (Wildman–Crippen MR) is 113 cm³/mol. The molecule has 29 heavy (non-hydrogen) atoms. The Morgan fingerprint density at radius 2 is 1.83 bits per heavy atom. The van der Waals surface area contributed by atoms with Crippen LogP contribution in [0.1, 0.15) is 5.56 Å². The number of H-pyrrole nitrogens is 1. The van der Waals surface area contributed by atoms with Crippen molar-refractivity contribution in [3.05, 3.63) is 69.5 Å². The molecule has 4 aromatic rings. The third-order valence-electron chi connectivity index (χ3n) is 4.34. The van der Waals surface area contributed by atoms with E-state index in [1.54, 1.807) is 30.9 Å². The molecular weight excluding hydrogens is 412 g/mol. The van der Waals surface area contributed by atoms with E-state index in [9.17, 15) is 4.79 Å². The predicted octanol–water partition coefficient (Wildman–Crippen LogP) is 4.05.